The van der Waals surface area contributed by atoms with Crippen LogP contribution in [0.5, 0.6) is 11.6 Å². The van der Waals surface area contributed by atoms with E-state index in [1.54, 1.807) is 70.6 Å². The van der Waals surface area contributed by atoms with Crippen molar-refractivity contribution in [3.63, 3.8) is 0 Å². The molecule has 0 spiro atoms. The molecular weight excluding hydrogens is 316 g/mol. The fraction of sp³-hybridized carbons (Fsp3) is 0.294. The molecule has 0 atom stereocenters. The number of aromatic nitrogens is 1. The maximum absolute atomic E-state index is 12.7. The highest BCUT2D eigenvalue weighted by atomic mass is 35.5. The number of hydrogen-bond acceptors (Lipinski definition) is 4. The quantitative estimate of drug-likeness (QED) is 0.839. The van der Waals surface area contributed by atoms with Crippen molar-refractivity contribution in [3.8, 4) is 11.6 Å². The van der Waals surface area contributed by atoms with Crippen molar-refractivity contribution in [1.82, 2.24) is 4.98 Å². The minimum Gasteiger partial charge on any atom is -0.481 e. The minimum atomic E-state index is -1.04. The predicted octanol–water partition coefficient (Wildman–Crippen LogP) is 3.56. The lowest BCUT2D eigenvalue weighted by atomic mass is 10.1. The molecule has 1 aromatic heterocycles. The zero-order valence-corrected chi connectivity index (χ0v) is 14.3. The molecule has 2 aromatic rings. The lowest BCUT2D eigenvalue weighted by Crippen LogP contribution is -2.47. The molecule has 0 aliphatic carbocycles. The molecule has 0 aliphatic heterocycles. The van der Waals surface area contributed by atoms with E-state index >= 15 is 0 Å². The molecule has 0 radical (unpaired) electrons. The van der Waals surface area contributed by atoms with Crippen LogP contribution in [0.15, 0.2) is 42.6 Å². The van der Waals surface area contributed by atoms with E-state index in [4.69, 9.17) is 21.1 Å². The summed E-state index contributed by atoms with van der Waals surface area (Å²) in [5.74, 6) is 0.875. The third kappa shape index (κ3) is 4.13. The summed E-state index contributed by atoms with van der Waals surface area (Å²) < 4.78 is 10.8. The average Bonchev–Trinajstić information content (AvgIpc) is 2.55. The molecule has 0 unspecified atom stereocenters. The molecule has 2 rings (SSSR count). The summed E-state index contributed by atoms with van der Waals surface area (Å²) in [5, 5.41) is 0.614. The Labute approximate surface area is 140 Å². The summed E-state index contributed by atoms with van der Waals surface area (Å²) in [7, 11) is 3.22. The van der Waals surface area contributed by atoms with Gasteiger partial charge < -0.3 is 14.4 Å². The number of benzene rings is 1. The first-order valence-electron chi connectivity index (χ1n) is 7.06. The number of anilines is 1. The van der Waals surface area contributed by atoms with Crippen LogP contribution < -0.4 is 14.4 Å². The van der Waals surface area contributed by atoms with Gasteiger partial charge in [0.2, 0.25) is 5.88 Å². The Kier molecular flexibility index (Phi) is 5.11. The average molecular weight is 335 g/mol. The second-order valence-corrected chi connectivity index (χ2v) is 5.93. The van der Waals surface area contributed by atoms with Crippen LogP contribution in [0.3, 0.4) is 0 Å². The molecule has 5 nitrogen and oxygen atoms in total. The topological polar surface area (TPSA) is 51.7 Å². The minimum absolute atomic E-state index is 0.195. The van der Waals surface area contributed by atoms with Crippen LogP contribution in [0.25, 0.3) is 0 Å². The number of carbonyl (C=O) groups is 1. The van der Waals surface area contributed by atoms with E-state index in [0.717, 1.165) is 0 Å². The maximum Gasteiger partial charge on any atom is 0.270 e. The molecular formula is C17H19ClN2O3. The molecule has 23 heavy (non-hydrogen) atoms. The highest BCUT2D eigenvalue weighted by Crippen LogP contribution is 2.24. The number of pyridine rings is 1. The monoisotopic (exact) mass is 334 g/mol. The molecule has 122 valence electrons. The zero-order valence-electron chi connectivity index (χ0n) is 13.5. The Balaban J connectivity index is 2.13. The summed E-state index contributed by atoms with van der Waals surface area (Å²) in [6.45, 7) is 3.44. The molecule has 6 heteroatoms. The third-order valence-corrected chi connectivity index (χ3v) is 3.58. The van der Waals surface area contributed by atoms with Crippen molar-refractivity contribution in [2.45, 2.75) is 19.4 Å². The van der Waals surface area contributed by atoms with E-state index in [9.17, 15) is 4.79 Å². The Morgan fingerprint density at radius 1 is 1.17 bits per heavy atom. The third-order valence-electron chi connectivity index (χ3n) is 3.32. The van der Waals surface area contributed by atoms with Crippen LogP contribution in [-0.4, -0.2) is 30.6 Å². The van der Waals surface area contributed by atoms with Gasteiger partial charge >= 0.3 is 0 Å². The van der Waals surface area contributed by atoms with E-state index in [-0.39, 0.29) is 5.91 Å². The largest absolute Gasteiger partial charge is 0.481 e. The molecule has 1 heterocycles. The summed E-state index contributed by atoms with van der Waals surface area (Å²) in [6.07, 6.45) is 1.58. The molecule has 0 aliphatic rings. The van der Waals surface area contributed by atoms with Gasteiger partial charge in [0.05, 0.1) is 19.0 Å². The second kappa shape index (κ2) is 6.87. The van der Waals surface area contributed by atoms with Crippen LogP contribution >= 0.6 is 11.6 Å². The van der Waals surface area contributed by atoms with E-state index in [0.29, 0.717) is 22.3 Å². The SMILES string of the molecule is COc1ccc(N(C)C(=O)C(C)(C)Oc2ccc(Cl)cc2)cn1. The van der Waals surface area contributed by atoms with Crippen molar-refractivity contribution >= 4 is 23.2 Å². The second-order valence-electron chi connectivity index (χ2n) is 5.49. The van der Waals surface area contributed by atoms with Gasteiger partial charge in [0.15, 0.2) is 5.60 Å². The first-order valence-corrected chi connectivity index (χ1v) is 7.44. The number of likely N-dealkylation sites (N-methyl/N-ethyl adjacent to an activating group) is 1. The number of carbonyl (C=O) groups excluding carboxylic acids is 1. The van der Waals surface area contributed by atoms with Crippen molar-refractivity contribution in [3.05, 3.63) is 47.6 Å². The Hall–Kier alpha value is -2.27. The van der Waals surface area contributed by atoms with Gasteiger partial charge in [-0.2, -0.15) is 0 Å². The summed E-state index contributed by atoms with van der Waals surface area (Å²) in [6, 6.07) is 10.4. The van der Waals surface area contributed by atoms with Crippen LogP contribution in [0.1, 0.15) is 13.8 Å². The summed E-state index contributed by atoms with van der Waals surface area (Å²) in [4.78, 5) is 18.3. The van der Waals surface area contributed by atoms with Gasteiger partial charge in [-0.05, 0) is 44.2 Å². The van der Waals surface area contributed by atoms with Crippen LogP contribution in [0.4, 0.5) is 5.69 Å². The van der Waals surface area contributed by atoms with Crippen molar-refractivity contribution in [2.75, 3.05) is 19.1 Å². The van der Waals surface area contributed by atoms with Crippen LogP contribution in [-0.2, 0) is 4.79 Å². The molecule has 0 saturated carbocycles. The number of nitrogens with zero attached hydrogens (tertiary/aromatic N) is 2. The fourth-order valence-corrected chi connectivity index (χ4v) is 2.18. The smallest absolute Gasteiger partial charge is 0.270 e. The van der Waals surface area contributed by atoms with Crippen molar-refractivity contribution in [1.29, 1.82) is 0 Å². The normalized spacial score (nSPS) is 11.0. The number of ether oxygens (including phenoxy) is 2. The van der Waals surface area contributed by atoms with E-state index in [1.807, 2.05) is 0 Å². The van der Waals surface area contributed by atoms with Crippen LogP contribution in [0, 0.1) is 0 Å². The molecule has 0 fully saturated rings. The van der Waals surface area contributed by atoms with Gasteiger partial charge in [0.25, 0.3) is 5.91 Å². The standard InChI is InChI=1S/C17H19ClN2O3/c1-17(2,23-14-8-5-12(18)6-9-14)16(21)20(3)13-7-10-15(22-4)19-11-13/h5-11H,1-4H3. The Morgan fingerprint density at radius 2 is 1.83 bits per heavy atom. The first-order chi connectivity index (χ1) is 10.8. The van der Waals surface area contributed by atoms with Gasteiger partial charge in [-0.15, -0.1) is 0 Å². The van der Waals surface area contributed by atoms with Gasteiger partial charge in [-0.3, -0.25) is 4.79 Å². The van der Waals surface area contributed by atoms with Gasteiger partial charge in [-0.1, -0.05) is 11.6 Å². The van der Waals surface area contributed by atoms with E-state index in [2.05, 4.69) is 4.98 Å². The Morgan fingerprint density at radius 3 is 2.35 bits per heavy atom. The molecule has 0 N–H and O–H groups in total. The number of halogens is 1. The predicted molar refractivity (Wildman–Crippen MR) is 90.4 cm³/mol. The Bertz CT molecular complexity index is 669. The van der Waals surface area contributed by atoms with E-state index in [1.165, 1.54) is 4.90 Å². The van der Waals surface area contributed by atoms with Gasteiger partial charge in [0, 0.05) is 18.1 Å². The lowest BCUT2D eigenvalue weighted by molar-refractivity contribution is -0.131. The summed E-state index contributed by atoms with van der Waals surface area (Å²) >= 11 is 5.85. The number of methoxy groups -OCH3 is 1. The highest BCUT2D eigenvalue weighted by molar-refractivity contribution is 6.30. The summed E-state index contributed by atoms with van der Waals surface area (Å²) in [5.41, 5.74) is -0.383. The lowest BCUT2D eigenvalue weighted by Gasteiger charge is -2.30. The number of amides is 1. The van der Waals surface area contributed by atoms with Gasteiger partial charge in [-0.25, -0.2) is 4.98 Å². The number of hydrogen-bond donors (Lipinski definition) is 0. The zero-order chi connectivity index (χ0) is 17.0. The molecule has 0 saturated heterocycles. The maximum atomic E-state index is 12.7. The highest BCUT2D eigenvalue weighted by Gasteiger charge is 2.33. The first kappa shape index (κ1) is 17.1. The van der Waals surface area contributed by atoms with Crippen LogP contribution in [0.2, 0.25) is 5.02 Å². The van der Waals surface area contributed by atoms with Crippen molar-refractivity contribution in [2.24, 2.45) is 0 Å². The van der Waals surface area contributed by atoms with Gasteiger partial charge in [0.1, 0.15) is 5.75 Å². The van der Waals surface area contributed by atoms with E-state index < -0.39 is 5.60 Å². The number of rotatable bonds is 5. The molecule has 1 aromatic carbocycles. The fourth-order valence-electron chi connectivity index (χ4n) is 2.05. The molecule has 1 amide bonds. The molecule has 0 bridgehead atoms. The van der Waals surface area contributed by atoms with Crippen molar-refractivity contribution < 1.29 is 14.3 Å².